The lowest BCUT2D eigenvalue weighted by molar-refractivity contribution is -0.131. The molecule has 29 heavy (non-hydrogen) atoms. The highest BCUT2D eigenvalue weighted by atomic mass is 19.1. The molecule has 0 aliphatic carbocycles. The third-order valence-electron chi connectivity index (χ3n) is 5.08. The van der Waals surface area contributed by atoms with Crippen LogP contribution in [0.4, 0.5) is 4.39 Å². The Morgan fingerprint density at radius 1 is 1.00 bits per heavy atom. The van der Waals surface area contributed by atoms with Crippen molar-refractivity contribution in [2.45, 2.75) is 38.6 Å². The minimum atomic E-state index is -0.309. The summed E-state index contributed by atoms with van der Waals surface area (Å²) >= 11 is 0. The maximum atomic E-state index is 12.9. The first-order chi connectivity index (χ1) is 14.0. The van der Waals surface area contributed by atoms with E-state index in [1.54, 1.807) is 12.1 Å². The Balaban J connectivity index is 1.41. The van der Waals surface area contributed by atoms with E-state index >= 15 is 0 Å². The van der Waals surface area contributed by atoms with Gasteiger partial charge < -0.3 is 15.0 Å². The lowest BCUT2D eigenvalue weighted by Crippen LogP contribution is -2.47. The molecule has 6 heteroatoms. The number of rotatable bonds is 7. The van der Waals surface area contributed by atoms with Crippen LogP contribution in [-0.4, -0.2) is 42.5 Å². The minimum absolute atomic E-state index is 0.0671. The summed E-state index contributed by atoms with van der Waals surface area (Å²) in [5.41, 5.74) is 1.75. The van der Waals surface area contributed by atoms with Crippen molar-refractivity contribution < 1.29 is 18.7 Å². The number of piperidine rings is 1. The second-order valence-electron chi connectivity index (χ2n) is 7.28. The van der Waals surface area contributed by atoms with Crippen LogP contribution < -0.4 is 10.1 Å². The van der Waals surface area contributed by atoms with Crippen LogP contribution in [0.2, 0.25) is 0 Å². The van der Waals surface area contributed by atoms with Gasteiger partial charge in [0.05, 0.1) is 19.4 Å². The van der Waals surface area contributed by atoms with Crippen molar-refractivity contribution in [1.29, 1.82) is 0 Å². The van der Waals surface area contributed by atoms with E-state index in [1.807, 2.05) is 36.1 Å². The van der Waals surface area contributed by atoms with Gasteiger partial charge in [-0.05, 0) is 55.2 Å². The number of hydrogen-bond acceptors (Lipinski definition) is 3. The number of halogens is 1. The number of amides is 2. The van der Waals surface area contributed by atoms with Gasteiger partial charge in [-0.25, -0.2) is 4.39 Å². The molecule has 1 aliphatic heterocycles. The summed E-state index contributed by atoms with van der Waals surface area (Å²) < 4.78 is 18.4. The van der Waals surface area contributed by atoms with Crippen LogP contribution in [-0.2, 0) is 22.4 Å². The Bertz CT molecular complexity index is 813. The molecular formula is C23H27FN2O3. The Hall–Kier alpha value is -2.89. The number of carbonyl (C=O) groups is 2. The topological polar surface area (TPSA) is 58.6 Å². The summed E-state index contributed by atoms with van der Waals surface area (Å²) in [6.45, 7) is 3.83. The maximum absolute atomic E-state index is 12.9. The van der Waals surface area contributed by atoms with Gasteiger partial charge in [0.1, 0.15) is 11.6 Å². The molecule has 0 bridgehead atoms. The summed E-state index contributed by atoms with van der Waals surface area (Å²) in [6, 6.07) is 13.6. The van der Waals surface area contributed by atoms with Crippen LogP contribution in [0.1, 0.15) is 30.9 Å². The van der Waals surface area contributed by atoms with Gasteiger partial charge in [0.25, 0.3) is 0 Å². The molecule has 2 aromatic carbocycles. The summed E-state index contributed by atoms with van der Waals surface area (Å²) in [7, 11) is 0. The molecule has 1 fully saturated rings. The van der Waals surface area contributed by atoms with Gasteiger partial charge in [-0.2, -0.15) is 0 Å². The van der Waals surface area contributed by atoms with E-state index in [2.05, 4.69) is 5.32 Å². The Kier molecular flexibility index (Phi) is 7.22. The van der Waals surface area contributed by atoms with Gasteiger partial charge in [0, 0.05) is 19.1 Å². The van der Waals surface area contributed by atoms with E-state index in [4.69, 9.17) is 4.74 Å². The van der Waals surface area contributed by atoms with Crippen LogP contribution in [0.25, 0.3) is 0 Å². The van der Waals surface area contributed by atoms with Crippen molar-refractivity contribution in [2.24, 2.45) is 0 Å². The van der Waals surface area contributed by atoms with Crippen LogP contribution >= 0.6 is 0 Å². The smallest absolute Gasteiger partial charge is 0.226 e. The van der Waals surface area contributed by atoms with E-state index in [0.717, 1.165) is 29.7 Å². The van der Waals surface area contributed by atoms with Crippen molar-refractivity contribution in [1.82, 2.24) is 10.2 Å². The summed E-state index contributed by atoms with van der Waals surface area (Å²) in [4.78, 5) is 26.6. The van der Waals surface area contributed by atoms with Crippen molar-refractivity contribution in [3.8, 4) is 5.75 Å². The summed E-state index contributed by atoms with van der Waals surface area (Å²) in [5.74, 6) is 0.526. The monoisotopic (exact) mass is 398 g/mol. The van der Waals surface area contributed by atoms with Gasteiger partial charge in [-0.3, -0.25) is 9.59 Å². The zero-order valence-corrected chi connectivity index (χ0v) is 16.7. The number of carbonyl (C=O) groups excluding carboxylic acids is 2. The van der Waals surface area contributed by atoms with Gasteiger partial charge in [0.2, 0.25) is 11.8 Å². The standard InChI is InChI=1S/C23H27FN2O3/c1-2-29-21-9-5-18(6-10-21)16-23(28)26-13-11-20(12-14-26)25-22(27)15-17-3-7-19(24)8-4-17/h3-10,20H,2,11-16H2,1H3,(H,25,27). The fraction of sp³-hybridized carbons (Fsp3) is 0.391. The Morgan fingerprint density at radius 3 is 2.21 bits per heavy atom. The van der Waals surface area contributed by atoms with Gasteiger partial charge in [0.15, 0.2) is 0 Å². The quantitative estimate of drug-likeness (QED) is 0.780. The third-order valence-corrected chi connectivity index (χ3v) is 5.08. The van der Waals surface area contributed by atoms with Crippen LogP contribution in [0.3, 0.4) is 0 Å². The third kappa shape index (κ3) is 6.31. The second kappa shape index (κ2) is 10.0. The highest BCUT2D eigenvalue weighted by Crippen LogP contribution is 2.16. The second-order valence-corrected chi connectivity index (χ2v) is 7.28. The molecule has 0 spiro atoms. The molecule has 1 N–H and O–H groups in total. The molecule has 1 aliphatic rings. The van der Waals surface area contributed by atoms with E-state index in [-0.39, 0.29) is 30.1 Å². The fourth-order valence-electron chi connectivity index (χ4n) is 3.50. The first kappa shape index (κ1) is 20.8. The zero-order chi connectivity index (χ0) is 20.6. The lowest BCUT2D eigenvalue weighted by atomic mass is 10.0. The number of hydrogen-bond donors (Lipinski definition) is 1. The molecular weight excluding hydrogens is 371 g/mol. The number of nitrogens with zero attached hydrogens (tertiary/aromatic N) is 1. The molecule has 1 saturated heterocycles. The lowest BCUT2D eigenvalue weighted by Gasteiger charge is -2.32. The Labute approximate surface area is 170 Å². The van der Waals surface area contributed by atoms with Crippen LogP contribution in [0, 0.1) is 5.82 Å². The van der Waals surface area contributed by atoms with Crippen molar-refractivity contribution in [3.05, 3.63) is 65.5 Å². The average molecular weight is 398 g/mol. The largest absolute Gasteiger partial charge is 0.494 e. The summed E-state index contributed by atoms with van der Waals surface area (Å²) in [5, 5.41) is 3.02. The normalized spacial score (nSPS) is 14.5. The highest BCUT2D eigenvalue weighted by Gasteiger charge is 2.23. The predicted octanol–water partition coefficient (Wildman–Crippen LogP) is 3.12. The van der Waals surface area contributed by atoms with E-state index in [0.29, 0.717) is 26.1 Å². The molecule has 154 valence electrons. The molecule has 3 rings (SSSR count). The van der Waals surface area contributed by atoms with Crippen molar-refractivity contribution in [2.75, 3.05) is 19.7 Å². The average Bonchev–Trinajstić information content (AvgIpc) is 2.72. The fourth-order valence-corrected chi connectivity index (χ4v) is 3.50. The summed E-state index contributed by atoms with van der Waals surface area (Å²) in [6.07, 6.45) is 2.08. The number of ether oxygens (including phenoxy) is 1. The first-order valence-corrected chi connectivity index (χ1v) is 10.1. The molecule has 2 aromatic rings. The van der Waals surface area contributed by atoms with Gasteiger partial charge in [-0.1, -0.05) is 24.3 Å². The number of likely N-dealkylation sites (tertiary alicyclic amines) is 1. The first-order valence-electron chi connectivity index (χ1n) is 10.1. The van der Waals surface area contributed by atoms with Crippen molar-refractivity contribution in [3.63, 3.8) is 0 Å². The molecule has 5 nitrogen and oxygen atoms in total. The van der Waals surface area contributed by atoms with Crippen LogP contribution in [0.15, 0.2) is 48.5 Å². The number of benzene rings is 2. The molecule has 2 amide bonds. The van der Waals surface area contributed by atoms with E-state index in [9.17, 15) is 14.0 Å². The maximum Gasteiger partial charge on any atom is 0.226 e. The molecule has 0 unspecified atom stereocenters. The molecule has 0 aromatic heterocycles. The minimum Gasteiger partial charge on any atom is -0.494 e. The van der Waals surface area contributed by atoms with E-state index in [1.165, 1.54) is 12.1 Å². The van der Waals surface area contributed by atoms with Gasteiger partial charge >= 0.3 is 0 Å². The van der Waals surface area contributed by atoms with E-state index < -0.39 is 0 Å². The molecule has 0 radical (unpaired) electrons. The predicted molar refractivity (Wildman–Crippen MR) is 109 cm³/mol. The van der Waals surface area contributed by atoms with Crippen LogP contribution in [0.5, 0.6) is 5.75 Å². The molecule has 0 saturated carbocycles. The molecule has 0 atom stereocenters. The number of nitrogens with one attached hydrogen (secondary N) is 1. The van der Waals surface area contributed by atoms with Gasteiger partial charge in [-0.15, -0.1) is 0 Å². The Morgan fingerprint density at radius 2 is 1.59 bits per heavy atom. The zero-order valence-electron chi connectivity index (χ0n) is 16.7. The highest BCUT2D eigenvalue weighted by molar-refractivity contribution is 5.80. The molecule has 1 heterocycles. The van der Waals surface area contributed by atoms with Crippen molar-refractivity contribution >= 4 is 11.8 Å². The SMILES string of the molecule is CCOc1ccc(CC(=O)N2CCC(NC(=O)Cc3ccc(F)cc3)CC2)cc1.